The highest BCUT2D eigenvalue weighted by molar-refractivity contribution is 8.24. The molecule has 0 atom stereocenters. The fourth-order valence-electron chi connectivity index (χ4n) is 0.720. The van der Waals surface area contributed by atoms with Gasteiger partial charge in [0.05, 0.1) is 6.20 Å². The van der Waals surface area contributed by atoms with Crippen LogP contribution in [0.2, 0.25) is 10.4 Å². The molecular formula is C9H8Cl5F2N4O3P. The average molecular weight is 466 g/mol. The zero-order valence-corrected chi connectivity index (χ0v) is 15.0. The largest absolute Gasteiger partial charge is 0.339 e. The predicted octanol–water partition coefficient (Wildman–Crippen LogP) is 4.57. The van der Waals surface area contributed by atoms with E-state index >= 15 is 0 Å². The van der Waals surface area contributed by atoms with Crippen molar-refractivity contribution in [2.45, 2.75) is 7.43 Å². The first-order chi connectivity index (χ1) is 10.4. The van der Waals surface area contributed by atoms with Crippen LogP contribution in [0.1, 0.15) is 7.43 Å². The zero-order valence-electron chi connectivity index (χ0n) is 10.4. The van der Waals surface area contributed by atoms with Gasteiger partial charge >= 0.3 is 10.9 Å². The normalized spacial score (nSPS) is 9.62. The van der Waals surface area contributed by atoms with Gasteiger partial charge in [-0.3, -0.25) is 14.3 Å². The first-order valence-electron chi connectivity index (χ1n) is 4.90. The third-order valence-electron chi connectivity index (χ3n) is 1.45. The number of H-pyrrole nitrogens is 2. The molecule has 0 saturated carbocycles. The lowest BCUT2D eigenvalue weighted by Gasteiger charge is -1.89. The summed E-state index contributed by atoms with van der Waals surface area (Å²) >= 11 is 24.3. The number of aromatic amines is 2. The van der Waals surface area contributed by atoms with Crippen molar-refractivity contribution in [3.63, 3.8) is 0 Å². The number of nitrogens with one attached hydrogen (secondary N) is 2. The summed E-state index contributed by atoms with van der Waals surface area (Å²) in [6, 6.07) is 0. The van der Waals surface area contributed by atoms with Crippen LogP contribution in [0.5, 0.6) is 0 Å². The second-order valence-corrected chi connectivity index (χ2v) is 10.4. The molecule has 0 amide bonds. The molecule has 2 N–H and O–H groups in total. The van der Waals surface area contributed by atoms with Crippen LogP contribution < -0.4 is 11.2 Å². The van der Waals surface area contributed by atoms with Gasteiger partial charge in [-0.1, -0.05) is 19.0 Å². The number of nitrogens with zero attached hydrogens (tertiary/aromatic N) is 2. The molecule has 2 aromatic rings. The molecule has 0 aliphatic rings. The highest BCUT2D eigenvalue weighted by Gasteiger charge is 2.03. The van der Waals surface area contributed by atoms with Crippen molar-refractivity contribution in [2.24, 2.45) is 0 Å². The second-order valence-electron chi connectivity index (χ2n) is 3.10. The van der Waals surface area contributed by atoms with E-state index in [4.69, 9.17) is 23.2 Å². The van der Waals surface area contributed by atoms with Gasteiger partial charge < -0.3 is 4.98 Å². The molecule has 15 heteroatoms. The Hall–Kier alpha value is -0.700. The molecule has 2 heterocycles. The highest BCUT2D eigenvalue weighted by Crippen LogP contribution is 2.61. The molecule has 0 unspecified atom stereocenters. The molecule has 7 nitrogen and oxygen atoms in total. The summed E-state index contributed by atoms with van der Waals surface area (Å²) in [7, 11) is 0. The summed E-state index contributed by atoms with van der Waals surface area (Å²) < 4.78 is 33.7. The number of halogens is 7. The van der Waals surface area contributed by atoms with E-state index in [1.54, 1.807) is 4.98 Å². The molecular weight excluding hydrogens is 458 g/mol. The molecule has 0 aromatic carbocycles. The van der Waals surface area contributed by atoms with Gasteiger partial charge in [-0.2, -0.15) is 4.39 Å². The topological polar surface area (TPSA) is 109 Å². The van der Waals surface area contributed by atoms with Crippen molar-refractivity contribution < 1.29 is 13.3 Å². The fourth-order valence-corrected chi connectivity index (χ4v) is 1.03. The van der Waals surface area contributed by atoms with Gasteiger partial charge in [0.15, 0.2) is 11.0 Å². The van der Waals surface area contributed by atoms with Crippen molar-refractivity contribution in [3.05, 3.63) is 55.3 Å². The first kappa shape index (κ1) is 25.5. The van der Waals surface area contributed by atoms with Gasteiger partial charge in [-0.05, 0) is 45.3 Å². The second kappa shape index (κ2) is 11.8. The zero-order chi connectivity index (χ0) is 18.2. The minimum atomic E-state index is -3.22. The number of hydrogen-bond donors (Lipinski definition) is 2. The summed E-state index contributed by atoms with van der Waals surface area (Å²) in [5, 5.41) is -3.53. The molecule has 0 bridgehead atoms. The minimum absolute atomic E-state index is 0. The van der Waals surface area contributed by atoms with Crippen molar-refractivity contribution in [2.75, 3.05) is 0 Å². The van der Waals surface area contributed by atoms with Gasteiger partial charge in [0.1, 0.15) is 0 Å². The summed E-state index contributed by atoms with van der Waals surface area (Å²) in [6.07, 6.45) is 1.62. The van der Waals surface area contributed by atoms with Gasteiger partial charge in [0.25, 0.3) is 5.56 Å². The molecule has 0 aliphatic carbocycles. The fraction of sp³-hybridized carbons (Fsp3) is 0.111. The summed E-state index contributed by atoms with van der Waals surface area (Å²) in [6.45, 7) is 0. The third kappa shape index (κ3) is 13.7. The van der Waals surface area contributed by atoms with Crippen LogP contribution in [0.3, 0.4) is 0 Å². The van der Waals surface area contributed by atoms with Crippen LogP contribution in [-0.2, 0) is 4.57 Å². The number of rotatable bonds is 0. The lowest BCUT2D eigenvalue weighted by Crippen LogP contribution is -2.23. The van der Waals surface area contributed by atoms with Crippen molar-refractivity contribution in [3.8, 4) is 0 Å². The lowest BCUT2D eigenvalue weighted by atomic mass is 10.6. The van der Waals surface area contributed by atoms with Gasteiger partial charge in [0, 0.05) is 6.20 Å². The van der Waals surface area contributed by atoms with E-state index < -0.39 is 28.1 Å². The van der Waals surface area contributed by atoms with E-state index in [0.717, 1.165) is 6.20 Å². The molecule has 0 aliphatic heterocycles. The van der Waals surface area contributed by atoms with Gasteiger partial charge in [-0.15, -0.1) is 0 Å². The average Bonchev–Trinajstić information content (AvgIpc) is 2.38. The van der Waals surface area contributed by atoms with Crippen molar-refractivity contribution in [1.29, 1.82) is 0 Å². The minimum Gasteiger partial charge on any atom is -0.311 e. The van der Waals surface area contributed by atoms with Crippen LogP contribution >= 0.6 is 62.1 Å². The quantitative estimate of drug-likeness (QED) is 0.336. The van der Waals surface area contributed by atoms with Gasteiger partial charge in [-0.25, -0.2) is 19.2 Å². The third-order valence-corrected chi connectivity index (χ3v) is 1.89. The standard InChI is InChI=1S/C4HCl2FN2.C4H3FN2O2.CH4.Cl3OP/c5-3-2(7)1-8-4(6)9-3;5-2-1-6-4(9)7-3(2)8;;1-5(2,3)4/h1H;1H,(H2,6,7,8,9);1H4;. The molecule has 0 saturated heterocycles. The van der Waals surface area contributed by atoms with E-state index in [0.29, 0.717) is 6.20 Å². The van der Waals surface area contributed by atoms with E-state index in [-0.39, 0.29) is 17.9 Å². The Balaban J connectivity index is 0. The maximum atomic E-state index is 12.2. The Morgan fingerprint density at radius 3 is 1.92 bits per heavy atom. The highest BCUT2D eigenvalue weighted by atomic mass is 36.0. The lowest BCUT2D eigenvalue weighted by molar-refractivity contribution is 0.597. The van der Waals surface area contributed by atoms with E-state index in [1.165, 1.54) is 0 Å². The first-order valence-corrected chi connectivity index (χ1v) is 10.1. The Morgan fingerprint density at radius 1 is 1.08 bits per heavy atom. The SMILES string of the molecule is C.Fc1cnc(Cl)nc1Cl.O=P(Cl)(Cl)Cl.O=c1[nH]cc(F)c(=O)[nH]1. The van der Waals surface area contributed by atoms with E-state index in [1.807, 2.05) is 4.98 Å². The molecule has 2 aromatic heterocycles. The molecule has 0 fully saturated rings. The maximum absolute atomic E-state index is 12.2. The smallest absolute Gasteiger partial charge is 0.311 e. The number of aromatic nitrogens is 4. The van der Waals surface area contributed by atoms with Crippen LogP contribution in [0.4, 0.5) is 8.78 Å². The van der Waals surface area contributed by atoms with Crippen LogP contribution in [-0.4, -0.2) is 19.9 Å². The monoisotopic (exact) mass is 464 g/mol. The van der Waals surface area contributed by atoms with Crippen molar-refractivity contribution >= 4 is 62.1 Å². The molecule has 136 valence electrons. The molecule has 0 spiro atoms. The number of hydrogen-bond acceptors (Lipinski definition) is 5. The van der Waals surface area contributed by atoms with Crippen LogP contribution in [0.15, 0.2) is 22.0 Å². The van der Waals surface area contributed by atoms with Crippen LogP contribution in [0, 0.1) is 11.6 Å². The predicted molar refractivity (Wildman–Crippen MR) is 91.5 cm³/mol. The van der Waals surface area contributed by atoms with Crippen LogP contribution in [0.25, 0.3) is 0 Å². The molecule has 0 radical (unpaired) electrons. The summed E-state index contributed by atoms with van der Waals surface area (Å²) in [5.41, 5.74) is -1.71. The van der Waals surface area contributed by atoms with E-state index in [9.17, 15) is 22.9 Å². The Bertz CT molecular complexity index is 804. The van der Waals surface area contributed by atoms with E-state index in [2.05, 4.69) is 43.7 Å². The Morgan fingerprint density at radius 2 is 1.58 bits per heavy atom. The summed E-state index contributed by atoms with van der Waals surface area (Å²) in [4.78, 5) is 30.7. The summed E-state index contributed by atoms with van der Waals surface area (Å²) in [5.74, 6) is -1.66. The molecule has 24 heavy (non-hydrogen) atoms. The maximum Gasteiger partial charge on any atom is 0.339 e. The van der Waals surface area contributed by atoms with Crippen molar-refractivity contribution in [1.82, 2.24) is 19.9 Å². The van der Waals surface area contributed by atoms with Gasteiger partial charge in [0.2, 0.25) is 11.1 Å². The Labute approximate surface area is 158 Å². The Kier molecular flexibility index (Phi) is 12.5. The molecule has 2 rings (SSSR count).